The number of aromatic nitrogens is 2. The number of carboxylic acid groups (broad SMARTS) is 1. The lowest BCUT2D eigenvalue weighted by Crippen LogP contribution is -2.15. The van der Waals surface area contributed by atoms with Crippen molar-refractivity contribution in [1.82, 2.24) is 9.55 Å². The number of nitrogens with one attached hydrogen (secondary N) is 1. The average molecular weight is 351 g/mol. The van der Waals surface area contributed by atoms with Gasteiger partial charge in [-0.25, -0.2) is 14.0 Å². The largest absolute Gasteiger partial charge is 0.478 e. The third-order valence-corrected chi connectivity index (χ3v) is 3.77. The first-order valence-corrected chi connectivity index (χ1v) is 6.71. The van der Waals surface area contributed by atoms with Crippen molar-refractivity contribution < 1.29 is 14.3 Å². The molecular formula is C14H8BrFN2O3. The van der Waals surface area contributed by atoms with Gasteiger partial charge in [-0.1, -0.05) is 6.07 Å². The summed E-state index contributed by atoms with van der Waals surface area (Å²) in [6.07, 6.45) is 0. The van der Waals surface area contributed by atoms with Gasteiger partial charge < -0.3 is 10.1 Å². The van der Waals surface area contributed by atoms with Crippen LogP contribution < -0.4 is 5.69 Å². The highest BCUT2D eigenvalue weighted by Gasteiger charge is 2.16. The van der Waals surface area contributed by atoms with Gasteiger partial charge in [-0.05, 0) is 46.3 Å². The van der Waals surface area contributed by atoms with E-state index >= 15 is 0 Å². The summed E-state index contributed by atoms with van der Waals surface area (Å²) in [6, 6.07) is 8.46. The summed E-state index contributed by atoms with van der Waals surface area (Å²) in [5.41, 5.74) is 0.312. The number of carboxylic acids is 1. The van der Waals surface area contributed by atoms with Crippen LogP contribution in [0, 0.1) is 5.82 Å². The van der Waals surface area contributed by atoms with Crippen LogP contribution in [0.25, 0.3) is 16.7 Å². The second kappa shape index (κ2) is 4.85. The highest BCUT2D eigenvalue weighted by atomic mass is 79.9. The molecule has 0 aliphatic carbocycles. The molecule has 0 fully saturated rings. The fraction of sp³-hybridized carbons (Fsp3) is 0. The highest BCUT2D eigenvalue weighted by Crippen LogP contribution is 2.25. The Kier molecular flexibility index (Phi) is 3.13. The molecule has 0 spiro atoms. The van der Waals surface area contributed by atoms with Crippen LogP contribution in [0.1, 0.15) is 10.4 Å². The minimum Gasteiger partial charge on any atom is -0.478 e. The molecule has 106 valence electrons. The first-order valence-electron chi connectivity index (χ1n) is 5.91. The number of H-pyrrole nitrogens is 1. The molecule has 0 amide bonds. The molecule has 0 bridgehead atoms. The molecule has 1 aromatic heterocycles. The van der Waals surface area contributed by atoms with Gasteiger partial charge >= 0.3 is 11.7 Å². The fourth-order valence-electron chi connectivity index (χ4n) is 2.20. The average Bonchev–Trinajstić information content (AvgIpc) is 2.77. The SMILES string of the molecule is O=C(O)c1cccc2c1[nH]c(=O)n2-c1cc(F)ccc1Br. The molecule has 21 heavy (non-hydrogen) atoms. The topological polar surface area (TPSA) is 75.1 Å². The third-order valence-electron chi connectivity index (χ3n) is 3.10. The molecule has 7 heteroatoms. The van der Waals surface area contributed by atoms with E-state index in [0.29, 0.717) is 15.7 Å². The van der Waals surface area contributed by atoms with Crippen molar-refractivity contribution in [2.45, 2.75) is 0 Å². The fourth-order valence-corrected chi connectivity index (χ4v) is 2.63. The number of carbonyl (C=O) groups is 1. The van der Waals surface area contributed by atoms with Crippen molar-refractivity contribution in [3.05, 3.63) is 62.7 Å². The predicted molar refractivity (Wildman–Crippen MR) is 78.5 cm³/mol. The Bertz CT molecular complexity index is 930. The minimum atomic E-state index is -1.15. The van der Waals surface area contributed by atoms with Crippen molar-refractivity contribution in [1.29, 1.82) is 0 Å². The standard InChI is InChI=1S/C14H8BrFN2O3/c15-9-5-4-7(16)6-11(9)18-10-3-1-2-8(13(19)20)12(10)17-14(18)21/h1-6H,(H,17,21)(H,19,20). The van der Waals surface area contributed by atoms with E-state index in [9.17, 15) is 14.0 Å². The van der Waals surface area contributed by atoms with Gasteiger partial charge in [0.15, 0.2) is 0 Å². The summed E-state index contributed by atoms with van der Waals surface area (Å²) in [4.78, 5) is 25.8. The van der Waals surface area contributed by atoms with Gasteiger partial charge in [0.05, 0.1) is 22.3 Å². The number of nitrogens with zero attached hydrogens (tertiary/aromatic N) is 1. The number of aromatic amines is 1. The Morgan fingerprint density at radius 1 is 1.29 bits per heavy atom. The lowest BCUT2D eigenvalue weighted by Gasteiger charge is -2.06. The van der Waals surface area contributed by atoms with Gasteiger partial charge in [0.2, 0.25) is 0 Å². The van der Waals surface area contributed by atoms with Gasteiger partial charge in [-0.2, -0.15) is 0 Å². The molecule has 0 aliphatic heterocycles. The van der Waals surface area contributed by atoms with E-state index in [0.717, 1.165) is 0 Å². The van der Waals surface area contributed by atoms with Crippen LogP contribution >= 0.6 is 15.9 Å². The Morgan fingerprint density at radius 3 is 2.76 bits per heavy atom. The Hall–Kier alpha value is -2.41. The van der Waals surface area contributed by atoms with Crippen LogP contribution in [0.5, 0.6) is 0 Å². The van der Waals surface area contributed by atoms with Gasteiger partial charge in [0.25, 0.3) is 0 Å². The number of rotatable bonds is 2. The summed E-state index contributed by atoms with van der Waals surface area (Å²) < 4.78 is 15.2. The maximum Gasteiger partial charge on any atom is 0.337 e. The lowest BCUT2D eigenvalue weighted by molar-refractivity contribution is 0.0699. The molecule has 1 heterocycles. The second-order valence-electron chi connectivity index (χ2n) is 4.37. The first-order chi connectivity index (χ1) is 9.99. The minimum absolute atomic E-state index is 0.0177. The lowest BCUT2D eigenvalue weighted by atomic mass is 10.2. The van der Waals surface area contributed by atoms with Crippen molar-refractivity contribution >= 4 is 32.9 Å². The van der Waals surface area contributed by atoms with E-state index in [1.807, 2.05) is 0 Å². The van der Waals surface area contributed by atoms with Crippen molar-refractivity contribution in [3.8, 4) is 5.69 Å². The first kappa shape index (κ1) is 13.6. The molecule has 0 saturated carbocycles. The Balaban J connectivity index is 2.42. The molecule has 3 rings (SSSR count). The summed E-state index contributed by atoms with van der Waals surface area (Å²) in [5.74, 6) is -1.64. The zero-order valence-electron chi connectivity index (χ0n) is 10.4. The van der Waals surface area contributed by atoms with Crippen LogP contribution in [0.4, 0.5) is 4.39 Å². The predicted octanol–water partition coefficient (Wildman–Crippen LogP) is 2.92. The van der Waals surface area contributed by atoms with E-state index in [1.54, 1.807) is 6.07 Å². The zero-order valence-corrected chi connectivity index (χ0v) is 12.0. The van der Waals surface area contributed by atoms with Gasteiger partial charge in [-0.3, -0.25) is 4.57 Å². The molecule has 0 aliphatic rings. The molecule has 2 N–H and O–H groups in total. The Morgan fingerprint density at radius 2 is 2.05 bits per heavy atom. The van der Waals surface area contributed by atoms with Crippen LogP contribution in [0.2, 0.25) is 0 Å². The molecule has 3 aromatic rings. The summed E-state index contributed by atoms with van der Waals surface area (Å²) in [5, 5.41) is 9.15. The van der Waals surface area contributed by atoms with Crippen LogP contribution in [0.3, 0.4) is 0 Å². The van der Waals surface area contributed by atoms with Crippen molar-refractivity contribution in [3.63, 3.8) is 0 Å². The maximum atomic E-state index is 13.4. The van der Waals surface area contributed by atoms with Crippen LogP contribution in [0.15, 0.2) is 45.7 Å². The summed E-state index contributed by atoms with van der Waals surface area (Å²) in [6.45, 7) is 0. The molecule has 0 atom stereocenters. The van der Waals surface area contributed by atoms with Crippen LogP contribution in [-0.2, 0) is 0 Å². The van der Waals surface area contributed by atoms with Gasteiger partial charge in [0, 0.05) is 4.47 Å². The number of aromatic carboxylic acids is 1. The monoisotopic (exact) mass is 350 g/mol. The highest BCUT2D eigenvalue weighted by molar-refractivity contribution is 9.10. The van der Waals surface area contributed by atoms with Crippen LogP contribution in [-0.4, -0.2) is 20.6 Å². The molecule has 0 saturated heterocycles. The number of fused-ring (bicyclic) bond motifs is 1. The number of para-hydroxylation sites is 1. The van der Waals surface area contributed by atoms with E-state index in [4.69, 9.17) is 5.11 Å². The number of hydrogen-bond donors (Lipinski definition) is 2. The van der Waals surface area contributed by atoms with E-state index in [1.165, 1.54) is 34.9 Å². The Labute approximate surface area is 125 Å². The molecule has 2 aromatic carbocycles. The maximum absolute atomic E-state index is 13.4. The molecule has 5 nitrogen and oxygen atoms in total. The number of imidazole rings is 1. The van der Waals surface area contributed by atoms with Crippen molar-refractivity contribution in [2.75, 3.05) is 0 Å². The molecular weight excluding hydrogens is 343 g/mol. The third kappa shape index (κ3) is 2.15. The number of hydrogen-bond acceptors (Lipinski definition) is 2. The summed E-state index contributed by atoms with van der Waals surface area (Å²) in [7, 11) is 0. The normalized spacial score (nSPS) is 11.0. The number of benzene rings is 2. The van der Waals surface area contributed by atoms with Gasteiger partial charge in [-0.15, -0.1) is 0 Å². The molecule has 0 unspecified atom stereocenters. The van der Waals surface area contributed by atoms with E-state index in [-0.39, 0.29) is 11.1 Å². The quantitative estimate of drug-likeness (QED) is 0.746. The van der Waals surface area contributed by atoms with Gasteiger partial charge in [0.1, 0.15) is 5.82 Å². The van der Waals surface area contributed by atoms with E-state index < -0.39 is 17.5 Å². The summed E-state index contributed by atoms with van der Waals surface area (Å²) >= 11 is 3.26. The van der Waals surface area contributed by atoms with Crippen molar-refractivity contribution in [2.24, 2.45) is 0 Å². The number of halogens is 2. The smallest absolute Gasteiger partial charge is 0.337 e. The second-order valence-corrected chi connectivity index (χ2v) is 5.22. The zero-order chi connectivity index (χ0) is 15.1. The molecule has 0 radical (unpaired) electrons. The van der Waals surface area contributed by atoms with E-state index in [2.05, 4.69) is 20.9 Å².